The topological polar surface area (TPSA) is 32.3 Å². The molecule has 0 rings (SSSR count). The number of rotatable bonds is 2. The maximum Gasteiger partial charge on any atom is 0.0888 e. The van der Waals surface area contributed by atoms with Crippen molar-refractivity contribution in [2.24, 2.45) is 0 Å². The molecule has 0 aromatic carbocycles. The molecule has 0 aromatic rings. The molecule has 3 heteroatoms. The van der Waals surface area contributed by atoms with E-state index in [9.17, 15) is 0 Å². The molecule has 0 aliphatic carbocycles. The molecule has 44 valence electrons. The maximum absolute atomic E-state index is 8.71. The fourth-order valence-corrected chi connectivity index (χ4v) is 0.241. The molecule has 0 aliphatic heterocycles. The molecule has 1 unspecified atom stereocenters. The highest BCUT2D eigenvalue weighted by atomic mass is 79.9. The SMILES string of the molecule is CNC(Br)[C@@H](C)O. The molecule has 0 saturated heterocycles. The van der Waals surface area contributed by atoms with Gasteiger partial charge in [-0.2, -0.15) is 0 Å². The fourth-order valence-electron chi connectivity index (χ4n) is 0.241. The lowest BCUT2D eigenvalue weighted by Gasteiger charge is -2.09. The van der Waals surface area contributed by atoms with Crippen molar-refractivity contribution < 1.29 is 5.11 Å². The molecule has 0 bridgehead atoms. The van der Waals surface area contributed by atoms with E-state index in [0.717, 1.165) is 0 Å². The largest absolute Gasteiger partial charge is 0.391 e. The lowest BCUT2D eigenvalue weighted by molar-refractivity contribution is 0.185. The monoisotopic (exact) mass is 167 g/mol. The molecular weight excluding hydrogens is 158 g/mol. The Morgan fingerprint density at radius 1 is 1.71 bits per heavy atom. The Morgan fingerprint density at radius 3 is 2.14 bits per heavy atom. The number of alkyl halides is 1. The zero-order chi connectivity index (χ0) is 5.86. The van der Waals surface area contributed by atoms with Gasteiger partial charge in [-0.25, -0.2) is 0 Å². The van der Waals surface area contributed by atoms with E-state index in [1.165, 1.54) is 0 Å². The van der Waals surface area contributed by atoms with Gasteiger partial charge < -0.3 is 10.4 Å². The van der Waals surface area contributed by atoms with Gasteiger partial charge in [-0.1, -0.05) is 15.9 Å². The first-order valence-corrected chi connectivity index (χ1v) is 3.09. The summed E-state index contributed by atoms with van der Waals surface area (Å²) in [5.74, 6) is 0. The standard InChI is InChI=1S/C4H10BrNO/c1-3(7)4(5)6-2/h3-4,6-7H,1-2H3/t3-,4?/m1/s1. The van der Waals surface area contributed by atoms with Crippen LogP contribution >= 0.6 is 15.9 Å². The van der Waals surface area contributed by atoms with Crippen LogP contribution in [0.1, 0.15) is 6.92 Å². The second-order valence-electron chi connectivity index (χ2n) is 1.43. The van der Waals surface area contributed by atoms with Crippen molar-refractivity contribution in [2.45, 2.75) is 18.0 Å². The van der Waals surface area contributed by atoms with E-state index < -0.39 is 0 Å². The highest BCUT2D eigenvalue weighted by Gasteiger charge is 2.04. The number of likely N-dealkylation sites (N-methyl/N-ethyl adjacent to an activating group) is 1. The zero-order valence-electron chi connectivity index (χ0n) is 4.48. The Morgan fingerprint density at radius 2 is 2.14 bits per heavy atom. The minimum atomic E-state index is -0.329. The highest BCUT2D eigenvalue weighted by molar-refractivity contribution is 9.09. The Kier molecular flexibility index (Phi) is 3.60. The Balaban J connectivity index is 3.14. The molecule has 0 radical (unpaired) electrons. The predicted octanol–water partition coefficient (Wildman–Crippen LogP) is 0.308. The van der Waals surface area contributed by atoms with Crippen LogP contribution in [-0.2, 0) is 0 Å². The van der Waals surface area contributed by atoms with Crippen LogP contribution in [-0.4, -0.2) is 23.2 Å². The van der Waals surface area contributed by atoms with E-state index in [0.29, 0.717) is 0 Å². The van der Waals surface area contributed by atoms with Crippen LogP contribution in [0.4, 0.5) is 0 Å². The average Bonchev–Trinajstić information content (AvgIpc) is 1.65. The van der Waals surface area contributed by atoms with Crippen molar-refractivity contribution >= 4 is 15.9 Å². The molecule has 2 nitrogen and oxygen atoms in total. The van der Waals surface area contributed by atoms with Crippen LogP contribution in [0.3, 0.4) is 0 Å². The number of hydrogen-bond acceptors (Lipinski definition) is 2. The van der Waals surface area contributed by atoms with Crippen LogP contribution in [0.15, 0.2) is 0 Å². The molecule has 0 saturated carbocycles. The van der Waals surface area contributed by atoms with E-state index in [-0.39, 0.29) is 11.1 Å². The van der Waals surface area contributed by atoms with Crippen molar-refractivity contribution in [1.29, 1.82) is 0 Å². The second-order valence-corrected chi connectivity index (χ2v) is 2.42. The van der Waals surface area contributed by atoms with Gasteiger partial charge in [-0.05, 0) is 14.0 Å². The van der Waals surface area contributed by atoms with Gasteiger partial charge in [0.25, 0.3) is 0 Å². The van der Waals surface area contributed by atoms with Crippen molar-refractivity contribution in [3.05, 3.63) is 0 Å². The third kappa shape index (κ3) is 3.02. The fraction of sp³-hybridized carbons (Fsp3) is 1.00. The third-order valence-electron chi connectivity index (χ3n) is 0.699. The summed E-state index contributed by atoms with van der Waals surface area (Å²) in [6, 6.07) is 0. The molecule has 0 fully saturated rings. The molecule has 0 aromatic heterocycles. The van der Waals surface area contributed by atoms with Crippen LogP contribution in [0.25, 0.3) is 0 Å². The molecule has 2 atom stereocenters. The molecule has 0 spiro atoms. The highest BCUT2D eigenvalue weighted by Crippen LogP contribution is 1.98. The van der Waals surface area contributed by atoms with Gasteiger partial charge in [0.2, 0.25) is 0 Å². The summed E-state index contributed by atoms with van der Waals surface area (Å²) in [6.07, 6.45) is -0.329. The Labute approximate surface area is 52.0 Å². The number of aliphatic hydroxyl groups is 1. The predicted molar refractivity (Wildman–Crippen MR) is 33.5 cm³/mol. The molecule has 2 N–H and O–H groups in total. The van der Waals surface area contributed by atoms with Gasteiger partial charge in [0.05, 0.1) is 11.1 Å². The zero-order valence-corrected chi connectivity index (χ0v) is 6.07. The maximum atomic E-state index is 8.71. The van der Waals surface area contributed by atoms with Gasteiger partial charge in [0, 0.05) is 0 Å². The minimum Gasteiger partial charge on any atom is -0.391 e. The van der Waals surface area contributed by atoms with E-state index in [1.807, 2.05) is 0 Å². The molecular formula is C4H10BrNO. The normalized spacial score (nSPS) is 18.9. The number of aliphatic hydroxyl groups excluding tert-OH is 1. The number of hydrogen-bond donors (Lipinski definition) is 2. The van der Waals surface area contributed by atoms with Crippen molar-refractivity contribution in [2.75, 3.05) is 7.05 Å². The summed E-state index contributed by atoms with van der Waals surface area (Å²) >= 11 is 3.18. The Hall–Kier alpha value is 0.400. The summed E-state index contributed by atoms with van der Waals surface area (Å²) in [5.41, 5.74) is 0. The van der Waals surface area contributed by atoms with Gasteiger partial charge in [0.15, 0.2) is 0 Å². The summed E-state index contributed by atoms with van der Waals surface area (Å²) in [5, 5.41) is 11.5. The van der Waals surface area contributed by atoms with E-state index >= 15 is 0 Å². The summed E-state index contributed by atoms with van der Waals surface area (Å²) in [4.78, 5) is 0.0208. The molecule has 0 amide bonds. The lowest BCUT2D eigenvalue weighted by Crippen LogP contribution is -2.29. The first-order valence-electron chi connectivity index (χ1n) is 2.18. The van der Waals surface area contributed by atoms with Gasteiger partial charge >= 0.3 is 0 Å². The first-order chi connectivity index (χ1) is 3.18. The van der Waals surface area contributed by atoms with Crippen LogP contribution in [0.5, 0.6) is 0 Å². The molecule has 0 heterocycles. The Bertz CT molecular complexity index is 49.0. The van der Waals surface area contributed by atoms with Crippen LogP contribution in [0, 0.1) is 0 Å². The number of halogens is 1. The van der Waals surface area contributed by atoms with E-state index in [4.69, 9.17) is 5.11 Å². The third-order valence-corrected chi connectivity index (χ3v) is 1.92. The van der Waals surface area contributed by atoms with Gasteiger partial charge in [-0.3, -0.25) is 0 Å². The second kappa shape index (κ2) is 3.41. The van der Waals surface area contributed by atoms with Crippen molar-refractivity contribution in [3.63, 3.8) is 0 Å². The smallest absolute Gasteiger partial charge is 0.0888 e. The van der Waals surface area contributed by atoms with E-state index in [1.54, 1.807) is 14.0 Å². The van der Waals surface area contributed by atoms with Crippen LogP contribution < -0.4 is 5.32 Å². The quantitative estimate of drug-likeness (QED) is 0.459. The summed E-state index contributed by atoms with van der Waals surface area (Å²) in [6.45, 7) is 1.72. The molecule has 7 heavy (non-hydrogen) atoms. The van der Waals surface area contributed by atoms with Crippen LogP contribution in [0.2, 0.25) is 0 Å². The average molecular weight is 168 g/mol. The van der Waals surface area contributed by atoms with Gasteiger partial charge in [0.1, 0.15) is 0 Å². The van der Waals surface area contributed by atoms with E-state index in [2.05, 4.69) is 21.2 Å². The minimum absolute atomic E-state index is 0.0208. The summed E-state index contributed by atoms with van der Waals surface area (Å²) in [7, 11) is 1.78. The summed E-state index contributed by atoms with van der Waals surface area (Å²) < 4.78 is 0. The van der Waals surface area contributed by atoms with Crippen molar-refractivity contribution in [3.8, 4) is 0 Å². The van der Waals surface area contributed by atoms with Crippen molar-refractivity contribution in [1.82, 2.24) is 5.32 Å². The number of nitrogens with one attached hydrogen (secondary N) is 1. The van der Waals surface area contributed by atoms with Gasteiger partial charge in [-0.15, -0.1) is 0 Å². The lowest BCUT2D eigenvalue weighted by atomic mass is 10.4. The molecule has 0 aliphatic rings. The first kappa shape index (κ1) is 7.40.